The average Bonchev–Trinajstić information content (AvgIpc) is 2.38. The van der Waals surface area contributed by atoms with Gasteiger partial charge >= 0.3 is 5.97 Å². The van der Waals surface area contributed by atoms with E-state index in [2.05, 4.69) is 15.6 Å². The number of hydrogen-bond donors (Lipinski definition) is 4. The zero-order valence-electron chi connectivity index (χ0n) is 11.6. The standard InChI is InChI=1S/C13H20N4O3/c1-8(2)7-17-10(18)4-6-16-12-11(14)9(13(19)20)3-5-15-12/h3,5,8H,4,6-7,14H2,1-2H3,(H,15,16)(H,17,18)(H,19,20). The Morgan fingerprint density at radius 3 is 2.75 bits per heavy atom. The molecule has 110 valence electrons. The Bertz CT molecular complexity index is 489. The van der Waals surface area contributed by atoms with Gasteiger partial charge in [-0.15, -0.1) is 0 Å². The van der Waals surface area contributed by atoms with Crippen LogP contribution in [-0.4, -0.2) is 35.1 Å². The molecule has 5 N–H and O–H groups in total. The van der Waals surface area contributed by atoms with Gasteiger partial charge in [-0.05, 0) is 12.0 Å². The first kappa shape index (κ1) is 15.7. The van der Waals surface area contributed by atoms with Crippen molar-refractivity contribution < 1.29 is 14.7 Å². The lowest BCUT2D eigenvalue weighted by atomic mass is 10.2. The number of carbonyl (C=O) groups is 2. The summed E-state index contributed by atoms with van der Waals surface area (Å²) >= 11 is 0. The molecule has 0 unspecified atom stereocenters. The predicted octanol–water partition coefficient (Wildman–Crippen LogP) is 0.936. The van der Waals surface area contributed by atoms with E-state index in [1.54, 1.807) is 0 Å². The van der Waals surface area contributed by atoms with E-state index < -0.39 is 5.97 Å². The molecule has 0 aliphatic carbocycles. The molecule has 20 heavy (non-hydrogen) atoms. The van der Waals surface area contributed by atoms with Gasteiger partial charge < -0.3 is 21.5 Å². The molecule has 1 aromatic heterocycles. The van der Waals surface area contributed by atoms with Crippen molar-refractivity contribution in [2.24, 2.45) is 5.92 Å². The van der Waals surface area contributed by atoms with E-state index in [-0.39, 0.29) is 29.4 Å². The van der Waals surface area contributed by atoms with Crippen LogP contribution in [0.4, 0.5) is 11.5 Å². The van der Waals surface area contributed by atoms with Crippen LogP contribution in [0.15, 0.2) is 12.3 Å². The quantitative estimate of drug-likeness (QED) is 0.590. The van der Waals surface area contributed by atoms with E-state index >= 15 is 0 Å². The molecule has 0 spiro atoms. The summed E-state index contributed by atoms with van der Waals surface area (Å²) in [6.45, 7) is 5.00. The van der Waals surface area contributed by atoms with Gasteiger partial charge in [0, 0.05) is 25.7 Å². The topological polar surface area (TPSA) is 117 Å². The summed E-state index contributed by atoms with van der Waals surface area (Å²) in [6, 6.07) is 1.33. The van der Waals surface area contributed by atoms with Crippen molar-refractivity contribution in [2.45, 2.75) is 20.3 Å². The Morgan fingerprint density at radius 2 is 2.15 bits per heavy atom. The Hall–Kier alpha value is -2.31. The van der Waals surface area contributed by atoms with Gasteiger partial charge in [-0.2, -0.15) is 0 Å². The summed E-state index contributed by atoms with van der Waals surface area (Å²) in [7, 11) is 0. The van der Waals surface area contributed by atoms with Crippen LogP contribution in [0.25, 0.3) is 0 Å². The van der Waals surface area contributed by atoms with Gasteiger partial charge in [0.1, 0.15) is 5.82 Å². The summed E-state index contributed by atoms with van der Waals surface area (Å²) < 4.78 is 0. The number of amides is 1. The molecule has 0 fully saturated rings. The van der Waals surface area contributed by atoms with Crippen molar-refractivity contribution in [3.63, 3.8) is 0 Å². The molecule has 1 aromatic rings. The molecule has 0 aromatic carbocycles. The highest BCUT2D eigenvalue weighted by atomic mass is 16.4. The Labute approximate surface area is 117 Å². The largest absolute Gasteiger partial charge is 0.478 e. The molecule has 0 aliphatic heterocycles. The maximum Gasteiger partial charge on any atom is 0.337 e. The average molecular weight is 280 g/mol. The van der Waals surface area contributed by atoms with Crippen LogP contribution in [0.1, 0.15) is 30.6 Å². The highest BCUT2D eigenvalue weighted by molar-refractivity contribution is 5.96. The number of carboxylic acid groups (broad SMARTS) is 1. The number of pyridine rings is 1. The van der Waals surface area contributed by atoms with E-state index in [0.717, 1.165) is 0 Å². The first-order chi connectivity index (χ1) is 9.41. The van der Waals surface area contributed by atoms with Gasteiger partial charge in [0.2, 0.25) is 5.91 Å². The van der Waals surface area contributed by atoms with Gasteiger partial charge in [0.25, 0.3) is 0 Å². The molecule has 0 radical (unpaired) electrons. The van der Waals surface area contributed by atoms with Crippen LogP contribution < -0.4 is 16.4 Å². The van der Waals surface area contributed by atoms with Crippen molar-refractivity contribution in [1.82, 2.24) is 10.3 Å². The molecule has 7 heteroatoms. The first-order valence-corrected chi connectivity index (χ1v) is 6.40. The lowest BCUT2D eigenvalue weighted by molar-refractivity contribution is -0.120. The van der Waals surface area contributed by atoms with Gasteiger partial charge in [0.05, 0.1) is 11.3 Å². The van der Waals surface area contributed by atoms with Gasteiger partial charge in [-0.1, -0.05) is 13.8 Å². The number of hydrogen-bond acceptors (Lipinski definition) is 5. The van der Waals surface area contributed by atoms with Crippen molar-refractivity contribution in [1.29, 1.82) is 0 Å². The number of nitrogens with one attached hydrogen (secondary N) is 2. The molecule has 7 nitrogen and oxygen atoms in total. The predicted molar refractivity (Wildman–Crippen MR) is 76.6 cm³/mol. The third kappa shape index (κ3) is 4.75. The minimum atomic E-state index is -1.11. The second-order valence-electron chi connectivity index (χ2n) is 4.80. The molecular formula is C13H20N4O3. The number of aromatic carboxylic acids is 1. The zero-order chi connectivity index (χ0) is 15.1. The SMILES string of the molecule is CC(C)CNC(=O)CCNc1nccc(C(=O)O)c1N. The highest BCUT2D eigenvalue weighted by Gasteiger charge is 2.12. The number of nitrogens with two attached hydrogens (primary N) is 1. The van der Waals surface area contributed by atoms with Crippen molar-refractivity contribution in [3.05, 3.63) is 17.8 Å². The lowest BCUT2D eigenvalue weighted by Gasteiger charge is -2.10. The normalized spacial score (nSPS) is 10.3. The number of carboxylic acids is 1. The number of nitrogens with zero attached hydrogens (tertiary/aromatic N) is 1. The maximum atomic E-state index is 11.5. The molecule has 0 saturated carbocycles. The van der Waals surface area contributed by atoms with Crippen molar-refractivity contribution in [2.75, 3.05) is 24.1 Å². The molecular weight excluding hydrogens is 260 g/mol. The summed E-state index contributed by atoms with van der Waals surface area (Å²) in [5.74, 6) is -0.500. The summed E-state index contributed by atoms with van der Waals surface area (Å²) in [5, 5.41) is 14.6. The number of anilines is 2. The number of rotatable bonds is 7. The maximum absolute atomic E-state index is 11.5. The summed E-state index contributed by atoms with van der Waals surface area (Å²) in [6.07, 6.45) is 1.63. The van der Waals surface area contributed by atoms with Crippen molar-refractivity contribution >= 4 is 23.4 Å². The Balaban J connectivity index is 2.48. The summed E-state index contributed by atoms with van der Waals surface area (Å²) in [4.78, 5) is 26.4. The molecule has 1 rings (SSSR count). The van der Waals surface area contributed by atoms with Crippen LogP contribution in [-0.2, 0) is 4.79 Å². The second-order valence-corrected chi connectivity index (χ2v) is 4.80. The zero-order valence-corrected chi connectivity index (χ0v) is 11.6. The van der Waals surface area contributed by atoms with E-state index in [0.29, 0.717) is 19.0 Å². The fraction of sp³-hybridized carbons (Fsp3) is 0.462. The van der Waals surface area contributed by atoms with Crippen LogP contribution in [0.2, 0.25) is 0 Å². The first-order valence-electron chi connectivity index (χ1n) is 6.40. The van der Waals surface area contributed by atoms with Crippen LogP contribution in [0.3, 0.4) is 0 Å². The van der Waals surface area contributed by atoms with E-state index in [1.165, 1.54) is 12.3 Å². The van der Waals surface area contributed by atoms with E-state index in [4.69, 9.17) is 10.8 Å². The fourth-order valence-corrected chi connectivity index (χ4v) is 1.50. The van der Waals surface area contributed by atoms with Crippen LogP contribution in [0.5, 0.6) is 0 Å². The van der Waals surface area contributed by atoms with Gasteiger partial charge in [-0.25, -0.2) is 9.78 Å². The molecule has 0 atom stereocenters. The highest BCUT2D eigenvalue weighted by Crippen LogP contribution is 2.19. The van der Waals surface area contributed by atoms with E-state index in [9.17, 15) is 9.59 Å². The molecule has 1 heterocycles. The minimum absolute atomic E-state index is 0.00763. The monoisotopic (exact) mass is 280 g/mol. The molecule has 1 amide bonds. The molecule has 0 bridgehead atoms. The number of carbonyl (C=O) groups excluding carboxylic acids is 1. The van der Waals surface area contributed by atoms with Gasteiger partial charge in [0.15, 0.2) is 0 Å². The Morgan fingerprint density at radius 1 is 1.45 bits per heavy atom. The van der Waals surface area contributed by atoms with Crippen LogP contribution >= 0.6 is 0 Å². The smallest absolute Gasteiger partial charge is 0.337 e. The third-order valence-corrected chi connectivity index (χ3v) is 2.57. The number of nitrogen functional groups attached to an aromatic ring is 1. The number of aromatic nitrogens is 1. The second kappa shape index (κ2) is 7.32. The lowest BCUT2D eigenvalue weighted by Crippen LogP contribution is -2.28. The molecule has 0 aliphatic rings. The van der Waals surface area contributed by atoms with E-state index in [1.807, 2.05) is 13.8 Å². The fourth-order valence-electron chi connectivity index (χ4n) is 1.50. The third-order valence-electron chi connectivity index (χ3n) is 2.57. The summed E-state index contributed by atoms with van der Waals surface area (Å²) in [5.41, 5.74) is 5.76. The van der Waals surface area contributed by atoms with Gasteiger partial charge in [-0.3, -0.25) is 4.79 Å². The van der Waals surface area contributed by atoms with Crippen LogP contribution in [0, 0.1) is 5.92 Å². The molecule has 0 saturated heterocycles. The van der Waals surface area contributed by atoms with Crippen molar-refractivity contribution in [3.8, 4) is 0 Å². The Kier molecular flexibility index (Phi) is 5.76. The minimum Gasteiger partial charge on any atom is -0.478 e.